The summed E-state index contributed by atoms with van der Waals surface area (Å²) in [6.45, 7) is 1.71. The van der Waals surface area contributed by atoms with Crippen LogP contribution in [-0.2, 0) is 0 Å². The Morgan fingerprint density at radius 2 is 1.56 bits per heavy atom. The Hall–Kier alpha value is -2.89. The maximum absolute atomic E-state index is 12.9. The van der Waals surface area contributed by atoms with Crippen LogP contribution in [0.5, 0.6) is 0 Å². The molecule has 0 saturated carbocycles. The number of aromatic nitrogens is 2. The van der Waals surface area contributed by atoms with E-state index in [2.05, 4.69) is 38.5 Å². The smallest absolute Gasteiger partial charge is 0.340 e. The van der Waals surface area contributed by atoms with Crippen molar-refractivity contribution in [1.29, 1.82) is 0 Å². The van der Waals surface area contributed by atoms with Gasteiger partial charge < -0.3 is 20.9 Å². The van der Waals surface area contributed by atoms with Crippen molar-refractivity contribution in [3.05, 3.63) is 66.6 Å². The lowest BCUT2D eigenvalue weighted by Crippen LogP contribution is -2.42. The lowest BCUT2D eigenvalue weighted by atomic mass is 10.1. The number of nitrogens with one attached hydrogen (secondary N) is 3. The SMILES string of the molecule is CNC1CCN(CCC(F)(F)F)CC1.Fc1ccc(Nc2ccnc(Nc3ccc(S)cc3)n2)cc1. The monoisotopic (exact) mass is 522 g/mol. The molecule has 1 aliphatic rings. The fourth-order valence-electron chi connectivity index (χ4n) is 3.57. The number of anilines is 4. The lowest BCUT2D eigenvalue weighted by Gasteiger charge is -2.31. The van der Waals surface area contributed by atoms with Crippen molar-refractivity contribution in [2.24, 2.45) is 0 Å². The summed E-state index contributed by atoms with van der Waals surface area (Å²) in [5.74, 6) is 0.817. The zero-order valence-corrected chi connectivity index (χ0v) is 20.8. The van der Waals surface area contributed by atoms with E-state index in [1.807, 2.05) is 36.2 Å². The first-order chi connectivity index (χ1) is 17.2. The van der Waals surface area contributed by atoms with Crippen molar-refractivity contribution in [3.63, 3.8) is 0 Å². The van der Waals surface area contributed by atoms with Gasteiger partial charge in [0.15, 0.2) is 0 Å². The van der Waals surface area contributed by atoms with Crippen molar-refractivity contribution in [2.75, 3.05) is 37.3 Å². The molecule has 36 heavy (non-hydrogen) atoms. The number of hydrogen-bond acceptors (Lipinski definition) is 7. The molecule has 2 aromatic carbocycles. The second kappa shape index (κ2) is 13.4. The van der Waals surface area contributed by atoms with Gasteiger partial charge in [-0.25, -0.2) is 9.37 Å². The molecule has 1 aromatic heterocycles. The Morgan fingerprint density at radius 1 is 0.944 bits per heavy atom. The lowest BCUT2D eigenvalue weighted by molar-refractivity contribution is -0.138. The van der Waals surface area contributed by atoms with E-state index in [0.717, 1.165) is 42.2 Å². The summed E-state index contributed by atoms with van der Waals surface area (Å²) in [6, 6.07) is 15.9. The first-order valence-electron chi connectivity index (χ1n) is 11.6. The zero-order chi connectivity index (χ0) is 26.0. The Labute approximate surface area is 213 Å². The van der Waals surface area contributed by atoms with Crippen LogP contribution in [0.3, 0.4) is 0 Å². The highest BCUT2D eigenvalue weighted by atomic mass is 32.1. The molecule has 2 heterocycles. The molecule has 0 atom stereocenters. The largest absolute Gasteiger partial charge is 0.390 e. The van der Waals surface area contributed by atoms with Crippen LogP contribution in [0.15, 0.2) is 65.7 Å². The molecule has 1 saturated heterocycles. The number of piperidine rings is 1. The number of alkyl halides is 3. The molecule has 0 radical (unpaired) electrons. The van der Waals surface area contributed by atoms with Gasteiger partial charge in [0, 0.05) is 35.1 Å². The maximum Gasteiger partial charge on any atom is 0.390 e. The van der Waals surface area contributed by atoms with E-state index >= 15 is 0 Å². The Balaban J connectivity index is 0.000000223. The molecule has 3 aromatic rings. The van der Waals surface area contributed by atoms with Gasteiger partial charge in [0.1, 0.15) is 11.6 Å². The highest BCUT2D eigenvalue weighted by Crippen LogP contribution is 2.21. The van der Waals surface area contributed by atoms with E-state index < -0.39 is 12.6 Å². The third kappa shape index (κ3) is 10.00. The first-order valence-corrected chi connectivity index (χ1v) is 12.0. The summed E-state index contributed by atoms with van der Waals surface area (Å²) < 4.78 is 48.6. The zero-order valence-electron chi connectivity index (χ0n) is 19.9. The minimum Gasteiger partial charge on any atom is -0.340 e. The Kier molecular flexibility index (Phi) is 10.3. The van der Waals surface area contributed by atoms with Gasteiger partial charge in [-0.2, -0.15) is 18.2 Å². The summed E-state index contributed by atoms with van der Waals surface area (Å²) in [4.78, 5) is 11.3. The number of benzene rings is 2. The standard InChI is InChI=1S/C16H13FN4S.C9H17F3N2/c17-11-1-3-12(4-2-11)19-15-9-10-18-16(21-15)20-13-5-7-14(22)8-6-13;1-13-8-2-5-14(6-3-8)7-4-9(10,11)12/h1-10,22H,(H2,18,19,20,21);8,13H,2-7H2,1H3. The van der Waals surface area contributed by atoms with Gasteiger partial charge in [-0.1, -0.05) is 0 Å². The van der Waals surface area contributed by atoms with Crippen molar-refractivity contribution in [2.45, 2.75) is 36.4 Å². The van der Waals surface area contributed by atoms with Gasteiger partial charge in [-0.05, 0) is 87.6 Å². The summed E-state index contributed by atoms with van der Waals surface area (Å²) in [5.41, 5.74) is 1.63. The molecule has 0 aliphatic carbocycles. The third-order valence-electron chi connectivity index (χ3n) is 5.60. The molecule has 4 rings (SSSR count). The predicted octanol–water partition coefficient (Wildman–Crippen LogP) is 6.01. The Bertz CT molecular complexity index is 993. The fourth-order valence-corrected chi connectivity index (χ4v) is 3.72. The number of halogens is 4. The van der Waals surface area contributed by atoms with Crippen LogP contribution in [0.25, 0.3) is 0 Å². The predicted molar refractivity (Wildman–Crippen MR) is 138 cm³/mol. The number of nitrogens with zero attached hydrogens (tertiary/aromatic N) is 3. The van der Waals surface area contributed by atoms with Crippen molar-refractivity contribution >= 4 is 35.8 Å². The molecular formula is C25H30F4N6S. The third-order valence-corrected chi connectivity index (χ3v) is 5.90. The molecule has 0 unspecified atom stereocenters. The quantitative estimate of drug-likeness (QED) is 0.225. The van der Waals surface area contributed by atoms with E-state index in [4.69, 9.17) is 0 Å². The van der Waals surface area contributed by atoms with Crippen LogP contribution in [-0.4, -0.2) is 53.8 Å². The molecule has 0 spiro atoms. The van der Waals surface area contributed by atoms with Crippen molar-refractivity contribution < 1.29 is 17.6 Å². The Morgan fingerprint density at radius 3 is 2.17 bits per heavy atom. The van der Waals surface area contributed by atoms with E-state index in [-0.39, 0.29) is 12.4 Å². The number of hydrogen-bond donors (Lipinski definition) is 4. The van der Waals surface area contributed by atoms with Crippen LogP contribution in [0.4, 0.5) is 40.7 Å². The van der Waals surface area contributed by atoms with Crippen LogP contribution >= 0.6 is 12.6 Å². The second-order valence-corrected chi connectivity index (χ2v) is 8.86. The summed E-state index contributed by atoms with van der Waals surface area (Å²) in [7, 11) is 1.90. The summed E-state index contributed by atoms with van der Waals surface area (Å²) >= 11 is 4.24. The van der Waals surface area contributed by atoms with Gasteiger partial charge in [0.2, 0.25) is 5.95 Å². The van der Waals surface area contributed by atoms with Gasteiger partial charge in [-0.15, -0.1) is 12.6 Å². The van der Waals surface area contributed by atoms with E-state index in [0.29, 0.717) is 17.8 Å². The topological polar surface area (TPSA) is 65.1 Å². The summed E-state index contributed by atoms with van der Waals surface area (Å²) in [6.07, 6.45) is -1.14. The van der Waals surface area contributed by atoms with Crippen LogP contribution in [0, 0.1) is 5.82 Å². The minimum atomic E-state index is -4.01. The molecule has 1 fully saturated rings. The molecule has 11 heteroatoms. The average Bonchev–Trinajstić information content (AvgIpc) is 2.86. The molecule has 0 amide bonds. The van der Waals surface area contributed by atoms with Gasteiger partial charge in [0.25, 0.3) is 0 Å². The molecule has 0 bridgehead atoms. The molecule has 194 valence electrons. The van der Waals surface area contributed by atoms with E-state index in [9.17, 15) is 17.6 Å². The number of thiol groups is 1. The summed E-state index contributed by atoms with van der Waals surface area (Å²) in [5, 5.41) is 9.35. The molecule has 6 nitrogen and oxygen atoms in total. The van der Waals surface area contributed by atoms with Gasteiger partial charge in [0.05, 0.1) is 6.42 Å². The first kappa shape index (κ1) is 27.7. The van der Waals surface area contributed by atoms with Crippen LogP contribution in [0.1, 0.15) is 19.3 Å². The molecular weight excluding hydrogens is 492 g/mol. The van der Waals surface area contributed by atoms with E-state index in [1.165, 1.54) is 12.1 Å². The number of likely N-dealkylation sites (tertiary alicyclic amines) is 1. The average molecular weight is 523 g/mol. The minimum absolute atomic E-state index is 0.153. The molecule has 3 N–H and O–H groups in total. The maximum atomic E-state index is 12.9. The van der Waals surface area contributed by atoms with Crippen LogP contribution < -0.4 is 16.0 Å². The van der Waals surface area contributed by atoms with Crippen LogP contribution in [0.2, 0.25) is 0 Å². The van der Waals surface area contributed by atoms with Gasteiger partial charge in [-0.3, -0.25) is 0 Å². The normalized spacial score (nSPS) is 14.6. The highest BCUT2D eigenvalue weighted by molar-refractivity contribution is 7.80. The highest BCUT2D eigenvalue weighted by Gasteiger charge is 2.28. The molecule has 1 aliphatic heterocycles. The fraction of sp³-hybridized carbons (Fsp3) is 0.360. The van der Waals surface area contributed by atoms with Crippen molar-refractivity contribution in [1.82, 2.24) is 20.2 Å². The second-order valence-electron chi connectivity index (χ2n) is 8.34. The van der Waals surface area contributed by atoms with Gasteiger partial charge >= 0.3 is 6.18 Å². The van der Waals surface area contributed by atoms with Crippen molar-refractivity contribution in [3.8, 4) is 0 Å². The number of rotatable bonds is 7. The van der Waals surface area contributed by atoms with E-state index in [1.54, 1.807) is 24.4 Å².